The van der Waals surface area contributed by atoms with E-state index in [1.807, 2.05) is 0 Å². The normalized spacial score (nSPS) is 10.6. The fraction of sp³-hybridized carbons (Fsp3) is 0. The van der Waals surface area contributed by atoms with Gasteiger partial charge < -0.3 is 4.98 Å². The molecular formula is C9H5BrClNO. The Morgan fingerprint density at radius 1 is 1.38 bits per heavy atom. The smallest absolute Gasteiger partial charge is 0.189 e. The lowest BCUT2D eigenvalue weighted by atomic mass is 10.2. The van der Waals surface area contributed by atoms with Gasteiger partial charge in [0.05, 0.1) is 10.5 Å². The number of benzene rings is 1. The summed E-state index contributed by atoms with van der Waals surface area (Å²) in [5.74, 6) is 0. The molecule has 0 radical (unpaired) electrons. The van der Waals surface area contributed by atoms with Gasteiger partial charge in [-0.1, -0.05) is 27.5 Å². The Hall–Kier alpha value is -0.800. The number of aromatic nitrogens is 1. The minimum Gasteiger partial charge on any atom is -0.360 e. The summed E-state index contributed by atoms with van der Waals surface area (Å²) in [7, 11) is 0. The van der Waals surface area contributed by atoms with Gasteiger partial charge in [0.1, 0.15) is 0 Å². The number of fused-ring (bicyclic) bond motifs is 1. The summed E-state index contributed by atoms with van der Waals surface area (Å²) in [6.07, 6.45) is 1.59. The zero-order chi connectivity index (χ0) is 9.42. The Labute approximate surface area is 87.7 Å². The minimum absolute atomic E-state index is 0.0306. The molecule has 0 aliphatic heterocycles. The van der Waals surface area contributed by atoms with Gasteiger partial charge in [-0.05, 0) is 12.1 Å². The molecular weight excluding hydrogens is 253 g/mol. The molecule has 1 N–H and O–H groups in total. The molecule has 4 heteroatoms. The molecule has 0 amide bonds. The van der Waals surface area contributed by atoms with E-state index in [0.717, 1.165) is 4.47 Å². The van der Waals surface area contributed by atoms with E-state index in [1.54, 1.807) is 18.3 Å². The van der Waals surface area contributed by atoms with Crippen molar-refractivity contribution in [2.45, 2.75) is 0 Å². The average Bonchev–Trinajstić information content (AvgIpc) is 2.07. The second-order valence-corrected chi connectivity index (χ2v) is 3.97. The predicted molar refractivity (Wildman–Crippen MR) is 57.3 cm³/mol. The lowest BCUT2D eigenvalue weighted by Crippen LogP contribution is -1.99. The third-order valence-corrected chi connectivity index (χ3v) is 2.54. The van der Waals surface area contributed by atoms with Gasteiger partial charge >= 0.3 is 0 Å². The van der Waals surface area contributed by atoms with Crippen molar-refractivity contribution in [2.24, 2.45) is 0 Å². The van der Waals surface area contributed by atoms with Crippen LogP contribution < -0.4 is 5.43 Å². The molecule has 0 saturated heterocycles. The largest absolute Gasteiger partial charge is 0.360 e. The van der Waals surface area contributed by atoms with Gasteiger partial charge in [-0.25, -0.2) is 0 Å². The quantitative estimate of drug-likeness (QED) is 0.774. The Kier molecular flexibility index (Phi) is 2.14. The predicted octanol–water partition coefficient (Wildman–Crippen LogP) is 2.94. The van der Waals surface area contributed by atoms with Crippen LogP contribution in [-0.2, 0) is 0 Å². The maximum atomic E-state index is 11.4. The first kappa shape index (κ1) is 8.78. The summed E-state index contributed by atoms with van der Waals surface area (Å²) in [5, 5.41) is 1.14. The van der Waals surface area contributed by atoms with Crippen LogP contribution in [-0.4, -0.2) is 4.98 Å². The number of nitrogens with one attached hydrogen (secondary N) is 1. The van der Waals surface area contributed by atoms with Gasteiger partial charge in [-0.15, -0.1) is 0 Å². The highest BCUT2D eigenvalue weighted by atomic mass is 79.9. The lowest BCUT2D eigenvalue weighted by Gasteiger charge is -1.99. The number of halogens is 2. The first-order valence-corrected chi connectivity index (χ1v) is 4.82. The van der Waals surface area contributed by atoms with Crippen LogP contribution in [0.3, 0.4) is 0 Å². The maximum Gasteiger partial charge on any atom is 0.189 e. The number of H-pyrrole nitrogens is 1. The molecule has 0 unspecified atom stereocenters. The van der Waals surface area contributed by atoms with Crippen LogP contribution in [0, 0.1) is 0 Å². The van der Waals surface area contributed by atoms with Gasteiger partial charge in [-0.2, -0.15) is 0 Å². The summed E-state index contributed by atoms with van der Waals surface area (Å²) in [6, 6.07) is 4.98. The van der Waals surface area contributed by atoms with Crippen molar-refractivity contribution in [3.63, 3.8) is 0 Å². The summed E-state index contributed by atoms with van der Waals surface area (Å²) in [5.41, 5.74) is 0.648. The molecule has 0 spiro atoms. The Bertz CT molecular complexity index is 520. The highest BCUT2D eigenvalue weighted by molar-refractivity contribution is 9.10. The van der Waals surface area contributed by atoms with Crippen molar-refractivity contribution in [1.29, 1.82) is 0 Å². The van der Waals surface area contributed by atoms with Crippen molar-refractivity contribution in [2.75, 3.05) is 0 Å². The molecule has 0 bridgehead atoms. The molecule has 0 atom stereocenters. The molecule has 1 aromatic carbocycles. The molecule has 13 heavy (non-hydrogen) atoms. The number of hydrogen-bond donors (Lipinski definition) is 1. The van der Waals surface area contributed by atoms with Crippen LogP contribution in [0.15, 0.2) is 33.7 Å². The first-order valence-electron chi connectivity index (χ1n) is 3.65. The third-order valence-electron chi connectivity index (χ3n) is 1.78. The van der Waals surface area contributed by atoms with E-state index in [0.29, 0.717) is 15.9 Å². The lowest BCUT2D eigenvalue weighted by molar-refractivity contribution is 1.39. The molecule has 2 nitrogen and oxygen atoms in total. The van der Waals surface area contributed by atoms with E-state index in [2.05, 4.69) is 20.9 Å². The van der Waals surface area contributed by atoms with Crippen LogP contribution in [0.1, 0.15) is 0 Å². The molecule has 0 fully saturated rings. The highest BCUT2D eigenvalue weighted by Crippen LogP contribution is 2.24. The Balaban J connectivity index is 3.03. The van der Waals surface area contributed by atoms with E-state index in [1.165, 1.54) is 6.07 Å². The van der Waals surface area contributed by atoms with Gasteiger partial charge in [-0.3, -0.25) is 4.79 Å². The van der Waals surface area contributed by atoms with E-state index in [9.17, 15) is 4.79 Å². The van der Waals surface area contributed by atoms with Crippen LogP contribution in [0.25, 0.3) is 10.9 Å². The van der Waals surface area contributed by atoms with Crippen LogP contribution in [0.5, 0.6) is 0 Å². The average molecular weight is 259 g/mol. The summed E-state index contributed by atoms with van der Waals surface area (Å²) in [4.78, 5) is 14.3. The topological polar surface area (TPSA) is 32.9 Å². The van der Waals surface area contributed by atoms with Crippen LogP contribution in [0.2, 0.25) is 5.02 Å². The van der Waals surface area contributed by atoms with E-state index in [-0.39, 0.29) is 5.43 Å². The second kappa shape index (κ2) is 3.16. The molecule has 2 aromatic rings. The van der Waals surface area contributed by atoms with Crippen LogP contribution >= 0.6 is 27.5 Å². The highest BCUT2D eigenvalue weighted by Gasteiger charge is 2.03. The number of aromatic amines is 1. The van der Waals surface area contributed by atoms with Crippen molar-refractivity contribution in [3.8, 4) is 0 Å². The van der Waals surface area contributed by atoms with Crippen molar-refractivity contribution < 1.29 is 0 Å². The van der Waals surface area contributed by atoms with Gasteiger partial charge in [0.25, 0.3) is 0 Å². The third kappa shape index (κ3) is 1.49. The van der Waals surface area contributed by atoms with E-state index < -0.39 is 0 Å². The number of rotatable bonds is 0. The minimum atomic E-state index is -0.0306. The SMILES string of the molecule is O=c1cc[nH]c2c(Cl)cc(Br)cc12. The Morgan fingerprint density at radius 2 is 2.15 bits per heavy atom. The number of pyridine rings is 1. The molecule has 1 aromatic heterocycles. The zero-order valence-electron chi connectivity index (χ0n) is 6.47. The maximum absolute atomic E-state index is 11.4. The van der Waals surface area contributed by atoms with E-state index in [4.69, 9.17) is 11.6 Å². The summed E-state index contributed by atoms with van der Waals surface area (Å²) < 4.78 is 0.807. The zero-order valence-corrected chi connectivity index (χ0v) is 8.82. The molecule has 2 rings (SSSR count). The Morgan fingerprint density at radius 3 is 2.92 bits per heavy atom. The summed E-state index contributed by atoms with van der Waals surface area (Å²) >= 11 is 9.21. The molecule has 0 aliphatic carbocycles. The second-order valence-electron chi connectivity index (χ2n) is 2.65. The fourth-order valence-corrected chi connectivity index (χ4v) is 2.07. The standard InChI is InChI=1S/C9H5BrClNO/c10-5-3-6-8(13)1-2-12-9(6)7(11)4-5/h1-4H,(H,12,13). The molecule has 1 heterocycles. The fourth-order valence-electron chi connectivity index (χ4n) is 1.21. The first-order chi connectivity index (χ1) is 6.18. The van der Waals surface area contributed by atoms with Crippen molar-refractivity contribution in [3.05, 3.63) is 44.1 Å². The van der Waals surface area contributed by atoms with Gasteiger partial charge in [0.15, 0.2) is 5.43 Å². The monoisotopic (exact) mass is 257 g/mol. The van der Waals surface area contributed by atoms with Crippen molar-refractivity contribution >= 4 is 38.4 Å². The molecule has 0 saturated carbocycles. The van der Waals surface area contributed by atoms with Crippen LogP contribution in [0.4, 0.5) is 0 Å². The van der Waals surface area contributed by atoms with Gasteiger partial charge in [0, 0.05) is 22.1 Å². The van der Waals surface area contributed by atoms with Crippen molar-refractivity contribution in [1.82, 2.24) is 4.98 Å². The van der Waals surface area contributed by atoms with E-state index >= 15 is 0 Å². The summed E-state index contributed by atoms with van der Waals surface area (Å²) in [6.45, 7) is 0. The molecule has 66 valence electrons. The number of hydrogen-bond acceptors (Lipinski definition) is 1. The van der Waals surface area contributed by atoms with Gasteiger partial charge in [0.2, 0.25) is 0 Å². The molecule has 0 aliphatic rings.